The fourth-order valence-corrected chi connectivity index (χ4v) is 6.53. The lowest BCUT2D eigenvalue weighted by atomic mass is 9.57. The number of methoxy groups -OCH3 is 1. The van der Waals surface area contributed by atoms with Crippen molar-refractivity contribution in [3.8, 4) is 17.0 Å². The van der Waals surface area contributed by atoms with E-state index >= 15 is 0 Å². The highest BCUT2D eigenvalue weighted by Gasteiger charge is 2.51. The van der Waals surface area contributed by atoms with E-state index in [-0.39, 0.29) is 28.3 Å². The zero-order chi connectivity index (χ0) is 29.2. The van der Waals surface area contributed by atoms with Crippen LogP contribution in [0.25, 0.3) is 28.2 Å². The summed E-state index contributed by atoms with van der Waals surface area (Å²) in [6, 6.07) is 12.7. The minimum absolute atomic E-state index is 0.0430. The first kappa shape index (κ1) is 26.6. The number of hydrogen-bond acceptors (Lipinski definition) is 6. The molecule has 10 heteroatoms. The summed E-state index contributed by atoms with van der Waals surface area (Å²) in [5.41, 5.74) is 1.99. The van der Waals surface area contributed by atoms with Crippen molar-refractivity contribution in [1.29, 1.82) is 0 Å². The van der Waals surface area contributed by atoms with Crippen LogP contribution in [0.15, 0.2) is 59.1 Å². The molecule has 1 saturated heterocycles. The van der Waals surface area contributed by atoms with Crippen molar-refractivity contribution in [2.24, 2.45) is 11.3 Å². The van der Waals surface area contributed by atoms with Crippen LogP contribution in [0.3, 0.4) is 0 Å². The predicted molar refractivity (Wildman–Crippen MR) is 151 cm³/mol. The van der Waals surface area contributed by atoms with Crippen molar-refractivity contribution in [3.05, 3.63) is 77.2 Å². The van der Waals surface area contributed by atoms with Crippen molar-refractivity contribution in [2.45, 2.75) is 37.8 Å². The molecular weight excluding hydrogens is 547 g/mol. The number of carbonyl (C=O) groups is 1. The van der Waals surface area contributed by atoms with Crippen LogP contribution < -0.4 is 9.64 Å². The number of carboxylic acid groups (broad SMARTS) is 1. The van der Waals surface area contributed by atoms with Gasteiger partial charge in [0.05, 0.1) is 18.2 Å². The number of nitrogens with zero attached hydrogens (tertiary/aromatic N) is 3. The van der Waals surface area contributed by atoms with Gasteiger partial charge < -0.3 is 19.3 Å². The molecule has 2 aromatic carbocycles. The second-order valence-corrected chi connectivity index (χ2v) is 11.7. The van der Waals surface area contributed by atoms with Gasteiger partial charge in [-0.2, -0.15) is 13.2 Å². The number of fused-ring (bicyclic) bond motifs is 1. The molecule has 3 aliphatic rings. The maximum atomic E-state index is 13.8. The molecule has 7 nitrogen and oxygen atoms in total. The number of alkyl halides is 3. The van der Waals surface area contributed by atoms with Gasteiger partial charge in [-0.25, -0.2) is 9.78 Å². The van der Waals surface area contributed by atoms with Gasteiger partial charge in [0.1, 0.15) is 17.2 Å². The quantitative estimate of drug-likeness (QED) is 0.245. The Morgan fingerprint density at radius 3 is 2.60 bits per heavy atom. The van der Waals surface area contributed by atoms with Crippen LogP contribution in [0.5, 0.6) is 5.75 Å². The van der Waals surface area contributed by atoms with E-state index in [1.54, 1.807) is 6.07 Å². The molecule has 3 heterocycles. The van der Waals surface area contributed by atoms with Crippen molar-refractivity contribution >= 4 is 28.6 Å². The Labute approximate surface area is 239 Å². The van der Waals surface area contributed by atoms with Crippen LogP contribution in [0, 0.1) is 11.3 Å². The molecule has 0 unspecified atom stereocenters. The highest BCUT2D eigenvalue weighted by molar-refractivity contribution is 5.94. The minimum Gasteiger partial charge on any atom is -0.496 e. The lowest BCUT2D eigenvalue weighted by Crippen LogP contribution is -2.62. The Morgan fingerprint density at radius 1 is 1.14 bits per heavy atom. The molecule has 7 rings (SSSR count). The van der Waals surface area contributed by atoms with Gasteiger partial charge >= 0.3 is 12.1 Å². The first-order valence-corrected chi connectivity index (χ1v) is 14.0. The molecule has 0 amide bonds. The summed E-state index contributed by atoms with van der Waals surface area (Å²) < 4.78 is 52.3. The van der Waals surface area contributed by atoms with Gasteiger partial charge in [-0.1, -0.05) is 35.5 Å². The van der Waals surface area contributed by atoms with E-state index < -0.39 is 17.7 Å². The molecule has 1 N–H and O–H groups in total. The molecule has 2 aliphatic carbocycles. The molecule has 4 aromatic rings. The Balaban J connectivity index is 1.06. The number of benzene rings is 2. The second-order valence-electron chi connectivity index (χ2n) is 11.7. The van der Waals surface area contributed by atoms with E-state index in [9.17, 15) is 23.1 Å². The fourth-order valence-electron chi connectivity index (χ4n) is 6.53. The van der Waals surface area contributed by atoms with Gasteiger partial charge in [-0.15, -0.1) is 0 Å². The Morgan fingerprint density at radius 2 is 1.90 bits per heavy atom. The lowest BCUT2D eigenvalue weighted by Gasteiger charge is -2.59. The van der Waals surface area contributed by atoms with Crippen molar-refractivity contribution in [2.75, 3.05) is 25.1 Å². The van der Waals surface area contributed by atoms with E-state index in [2.05, 4.69) is 21.1 Å². The monoisotopic (exact) mass is 575 g/mol. The number of ether oxygens (including phenoxy) is 1. The highest BCUT2D eigenvalue weighted by Crippen LogP contribution is 2.54. The zero-order valence-electron chi connectivity index (χ0n) is 22.8. The van der Waals surface area contributed by atoms with Crippen molar-refractivity contribution < 1.29 is 32.3 Å². The SMILES string of the molecule is COc1cc(C(=O)O)nc2ccc(N3CC4(CC(/C=C/c5c(-c6ccccc6C(F)(F)F)noc5C5CC5)C4)C3)cc12. The number of aromatic carboxylic acids is 1. The lowest BCUT2D eigenvalue weighted by molar-refractivity contribution is -0.137. The number of carboxylic acids is 1. The number of pyridine rings is 1. The second kappa shape index (κ2) is 9.61. The Bertz CT molecular complexity index is 1730. The summed E-state index contributed by atoms with van der Waals surface area (Å²) in [7, 11) is 1.51. The molecule has 0 atom stereocenters. The van der Waals surface area contributed by atoms with E-state index in [1.807, 2.05) is 24.3 Å². The van der Waals surface area contributed by atoms with Crippen LogP contribution >= 0.6 is 0 Å². The normalized spacial score (nSPS) is 18.4. The van der Waals surface area contributed by atoms with Crippen molar-refractivity contribution in [3.63, 3.8) is 0 Å². The van der Waals surface area contributed by atoms with Gasteiger partial charge in [-0.05, 0) is 55.9 Å². The average Bonchev–Trinajstić information content (AvgIpc) is 3.69. The van der Waals surface area contributed by atoms with Gasteiger partial charge in [0, 0.05) is 52.7 Å². The maximum absolute atomic E-state index is 13.8. The summed E-state index contributed by atoms with van der Waals surface area (Å²) in [6.45, 7) is 1.80. The molecule has 2 saturated carbocycles. The van der Waals surface area contributed by atoms with Crippen LogP contribution in [0.2, 0.25) is 0 Å². The summed E-state index contributed by atoms with van der Waals surface area (Å²) in [4.78, 5) is 17.9. The standard InChI is InChI=1S/C32H28F3N3O4/c1-41-27-13-26(30(39)40)36-25-11-9-20(12-23(25)27)38-16-31(17-38)14-18(15-31)6-10-22-28(37-42-29(22)19-7-8-19)21-4-2-3-5-24(21)32(33,34)35/h2-6,9-13,18-19H,7-8,14-17H2,1H3,(H,39,40)/b10-6+. The molecule has 0 radical (unpaired) electrons. The largest absolute Gasteiger partial charge is 0.496 e. The first-order chi connectivity index (χ1) is 20.1. The molecule has 42 heavy (non-hydrogen) atoms. The number of halogens is 3. The van der Waals surface area contributed by atoms with Gasteiger partial charge in [0.2, 0.25) is 0 Å². The molecule has 1 spiro atoms. The predicted octanol–water partition coefficient (Wildman–Crippen LogP) is 7.42. The molecule has 2 aromatic heterocycles. The molecule has 0 bridgehead atoms. The number of aromatic nitrogens is 2. The topological polar surface area (TPSA) is 88.7 Å². The molecule has 216 valence electrons. The highest BCUT2D eigenvalue weighted by atomic mass is 19.4. The molecule has 1 aliphatic heterocycles. The maximum Gasteiger partial charge on any atom is 0.417 e. The van der Waals surface area contributed by atoms with E-state index in [0.29, 0.717) is 28.5 Å². The van der Waals surface area contributed by atoms with E-state index in [0.717, 1.165) is 55.9 Å². The number of anilines is 1. The number of rotatable bonds is 7. The molecule has 3 fully saturated rings. The number of hydrogen-bond donors (Lipinski definition) is 1. The zero-order valence-corrected chi connectivity index (χ0v) is 22.8. The van der Waals surface area contributed by atoms with Gasteiger partial charge in [0.15, 0.2) is 5.69 Å². The minimum atomic E-state index is -4.49. The van der Waals surface area contributed by atoms with Crippen LogP contribution in [-0.2, 0) is 6.18 Å². The Hall–Kier alpha value is -4.34. The van der Waals surface area contributed by atoms with E-state index in [1.165, 1.54) is 25.3 Å². The summed E-state index contributed by atoms with van der Waals surface area (Å²) >= 11 is 0. The summed E-state index contributed by atoms with van der Waals surface area (Å²) in [5, 5.41) is 14.2. The average molecular weight is 576 g/mol. The molecular formula is C32H28F3N3O4. The number of allylic oxidation sites excluding steroid dienone is 1. The fraction of sp³-hybridized carbons (Fsp3) is 0.344. The van der Waals surface area contributed by atoms with Gasteiger partial charge in [-0.3, -0.25) is 0 Å². The van der Waals surface area contributed by atoms with Crippen LogP contribution in [0.4, 0.5) is 18.9 Å². The van der Waals surface area contributed by atoms with Crippen LogP contribution in [0.1, 0.15) is 59.0 Å². The van der Waals surface area contributed by atoms with E-state index in [4.69, 9.17) is 9.26 Å². The third kappa shape index (κ3) is 4.59. The van der Waals surface area contributed by atoms with Crippen molar-refractivity contribution in [1.82, 2.24) is 10.1 Å². The third-order valence-corrected chi connectivity index (χ3v) is 8.73. The first-order valence-electron chi connectivity index (χ1n) is 14.0. The third-order valence-electron chi connectivity index (χ3n) is 8.73. The Kier molecular flexibility index (Phi) is 6.07. The van der Waals surface area contributed by atoms with Gasteiger partial charge in [0.25, 0.3) is 0 Å². The smallest absolute Gasteiger partial charge is 0.417 e. The van der Waals surface area contributed by atoms with Crippen LogP contribution in [-0.4, -0.2) is 41.4 Å². The summed E-state index contributed by atoms with van der Waals surface area (Å²) in [6.07, 6.45) is 3.46. The summed E-state index contributed by atoms with van der Waals surface area (Å²) in [5.74, 6) is 0.588.